The fourth-order valence-electron chi connectivity index (χ4n) is 1.94. The Kier molecular flexibility index (Phi) is 6.31. The van der Waals surface area contributed by atoms with Crippen LogP contribution in [-0.4, -0.2) is 36.1 Å². The fourth-order valence-corrected chi connectivity index (χ4v) is 2.14. The number of nitrogens with zero attached hydrogens (tertiary/aromatic N) is 2. The van der Waals surface area contributed by atoms with E-state index in [0.717, 1.165) is 5.56 Å². The number of carbonyl (C=O) groups excluding carboxylic acids is 1. The van der Waals surface area contributed by atoms with Crippen molar-refractivity contribution in [2.45, 2.75) is 13.5 Å². The highest BCUT2D eigenvalue weighted by molar-refractivity contribution is 6.31. The molecule has 2 aromatic rings. The number of anilines is 1. The maximum Gasteiger partial charge on any atom is 0.270 e. The number of carbonyl (C=O) groups is 1. The molecule has 0 spiro atoms. The zero-order valence-electron chi connectivity index (χ0n) is 13.1. The number of amides is 1. The van der Waals surface area contributed by atoms with E-state index < -0.39 is 0 Å². The number of hydrogen-bond acceptors (Lipinski definition) is 5. The summed E-state index contributed by atoms with van der Waals surface area (Å²) in [5, 5.41) is 6.50. The smallest absolute Gasteiger partial charge is 0.270 e. The molecule has 6 nitrogen and oxygen atoms in total. The highest BCUT2D eigenvalue weighted by Crippen LogP contribution is 2.16. The lowest BCUT2D eigenvalue weighted by molar-refractivity contribution is 0.0932. The summed E-state index contributed by atoms with van der Waals surface area (Å²) in [6.45, 7) is 3.18. The predicted octanol–water partition coefficient (Wildman–Crippen LogP) is 2.43. The number of nitrogens with one attached hydrogen (secondary N) is 2. The zero-order valence-corrected chi connectivity index (χ0v) is 13.9. The molecule has 0 radical (unpaired) electrons. The second-order valence-corrected chi connectivity index (χ2v) is 5.32. The Hall–Kier alpha value is -2.18. The lowest BCUT2D eigenvalue weighted by Crippen LogP contribution is -2.28. The van der Waals surface area contributed by atoms with E-state index in [4.69, 9.17) is 16.3 Å². The number of halogens is 1. The Morgan fingerprint density at radius 2 is 2.09 bits per heavy atom. The van der Waals surface area contributed by atoms with Crippen molar-refractivity contribution in [1.29, 1.82) is 0 Å². The lowest BCUT2D eigenvalue weighted by atomic mass is 10.2. The van der Waals surface area contributed by atoms with Gasteiger partial charge in [-0.3, -0.25) is 4.79 Å². The minimum absolute atomic E-state index is 0.256. The molecule has 0 atom stereocenters. The molecule has 0 unspecified atom stereocenters. The third-order valence-electron chi connectivity index (χ3n) is 3.07. The minimum atomic E-state index is -0.256. The lowest BCUT2D eigenvalue weighted by Gasteiger charge is -2.09. The summed E-state index contributed by atoms with van der Waals surface area (Å²) in [6, 6.07) is 9.17. The van der Waals surface area contributed by atoms with Crippen molar-refractivity contribution in [2.24, 2.45) is 0 Å². The van der Waals surface area contributed by atoms with Gasteiger partial charge in [0, 0.05) is 30.9 Å². The number of methoxy groups -OCH3 is 1. The standard InChI is InChI=1S/C16H19ClN4O2/c1-11-9-14(15(22)18-7-8-23-2)21-16(20-11)19-10-12-5-3-4-6-13(12)17/h3-6,9H,7-8,10H2,1-2H3,(H,18,22)(H,19,20,21). The topological polar surface area (TPSA) is 76.1 Å². The number of aromatic nitrogens is 2. The van der Waals surface area contributed by atoms with Crippen molar-refractivity contribution in [3.05, 3.63) is 52.3 Å². The average Bonchev–Trinajstić information content (AvgIpc) is 2.54. The van der Waals surface area contributed by atoms with Gasteiger partial charge >= 0.3 is 0 Å². The summed E-state index contributed by atoms with van der Waals surface area (Å²) >= 11 is 6.12. The van der Waals surface area contributed by atoms with E-state index in [0.29, 0.717) is 42.1 Å². The average molecular weight is 335 g/mol. The molecule has 0 aliphatic carbocycles. The Labute approximate surface area is 140 Å². The normalized spacial score (nSPS) is 10.4. The van der Waals surface area contributed by atoms with Gasteiger partial charge in [-0.1, -0.05) is 29.8 Å². The monoisotopic (exact) mass is 334 g/mol. The summed E-state index contributed by atoms with van der Waals surface area (Å²) in [6.07, 6.45) is 0. The number of hydrogen-bond donors (Lipinski definition) is 2. The molecule has 2 N–H and O–H groups in total. The maximum atomic E-state index is 12.0. The Balaban J connectivity index is 2.05. The number of benzene rings is 1. The molecule has 0 saturated carbocycles. The maximum absolute atomic E-state index is 12.0. The summed E-state index contributed by atoms with van der Waals surface area (Å²) in [4.78, 5) is 20.6. The first-order chi connectivity index (χ1) is 11.1. The van der Waals surface area contributed by atoms with Crippen molar-refractivity contribution >= 4 is 23.5 Å². The first-order valence-electron chi connectivity index (χ1n) is 7.20. The van der Waals surface area contributed by atoms with Crippen LogP contribution in [0.2, 0.25) is 5.02 Å². The van der Waals surface area contributed by atoms with E-state index in [1.165, 1.54) is 0 Å². The van der Waals surface area contributed by atoms with Crippen LogP contribution in [0.3, 0.4) is 0 Å². The van der Waals surface area contributed by atoms with Crippen molar-refractivity contribution in [3.63, 3.8) is 0 Å². The van der Waals surface area contributed by atoms with Crippen LogP contribution in [0, 0.1) is 6.92 Å². The van der Waals surface area contributed by atoms with Gasteiger partial charge in [-0.25, -0.2) is 9.97 Å². The number of ether oxygens (including phenoxy) is 1. The van der Waals surface area contributed by atoms with Crippen LogP contribution in [0.4, 0.5) is 5.95 Å². The van der Waals surface area contributed by atoms with Crippen LogP contribution in [-0.2, 0) is 11.3 Å². The molecule has 1 aromatic carbocycles. The molecular formula is C16H19ClN4O2. The van der Waals surface area contributed by atoms with Crippen LogP contribution < -0.4 is 10.6 Å². The van der Waals surface area contributed by atoms with Crippen molar-refractivity contribution in [1.82, 2.24) is 15.3 Å². The number of aryl methyl sites for hydroxylation is 1. The molecule has 1 heterocycles. The van der Waals surface area contributed by atoms with Gasteiger partial charge in [0.05, 0.1) is 6.61 Å². The summed E-state index contributed by atoms with van der Waals surface area (Å²) in [5.41, 5.74) is 1.96. The Bertz CT molecular complexity index is 679. The molecule has 0 aliphatic rings. The number of rotatable bonds is 7. The third kappa shape index (κ3) is 5.19. The molecule has 0 fully saturated rings. The molecular weight excluding hydrogens is 316 g/mol. The molecule has 122 valence electrons. The fraction of sp³-hybridized carbons (Fsp3) is 0.312. The van der Waals surface area contributed by atoms with Gasteiger partial charge in [-0.05, 0) is 24.6 Å². The molecule has 1 amide bonds. The molecule has 1 aromatic heterocycles. The van der Waals surface area contributed by atoms with Crippen LogP contribution in [0.5, 0.6) is 0 Å². The molecule has 7 heteroatoms. The van der Waals surface area contributed by atoms with Gasteiger partial charge in [-0.2, -0.15) is 0 Å². The predicted molar refractivity (Wildman–Crippen MR) is 89.8 cm³/mol. The van der Waals surface area contributed by atoms with E-state index in [1.54, 1.807) is 13.2 Å². The van der Waals surface area contributed by atoms with E-state index in [1.807, 2.05) is 31.2 Å². The van der Waals surface area contributed by atoms with Gasteiger partial charge in [0.15, 0.2) is 0 Å². The molecule has 0 saturated heterocycles. The largest absolute Gasteiger partial charge is 0.383 e. The van der Waals surface area contributed by atoms with E-state index >= 15 is 0 Å². The summed E-state index contributed by atoms with van der Waals surface area (Å²) < 4.78 is 4.90. The van der Waals surface area contributed by atoms with Crippen LogP contribution in [0.25, 0.3) is 0 Å². The summed E-state index contributed by atoms with van der Waals surface area (Å²) in [5.74, 6) is 0.134. The van der Waals surface area contributed by atoms with Gasteiger partial charge < -0.3 is 15.4 Å². The van der Waals surface area contributed by atoms with Crippen LogP contribution >= 0.6 is 11.6 Å². The van der Waals surface area contributed by atoms with E-state index in [-0.39, 0.29) is 5.91 Å². The second-order valence-electron chi connectivity index (χ2n) is 4.91. The van der Waals surface area contributed by atoms with Gasteiger partial charge in [0.25, 0.3) is 5.91 Å². The second kappa shape index (κ2) is 8.45. The molecule has 2 rings (SSSR count). The van der Waals surface area contributed by atoms with Gasteiger partial charge in [-0.15, -0.1) is 0 Å². The highest BCUT2D eigenvalue weighted by atomic mass is 35.5. The van der Waals surface area contributed by atoms with E-state index in [9.17, 15) is 4.79 Å². The first kappa shape index (κ1) is 17.2. The minimum Gasteiger partial charge on any atom is -0.383 e. The quantitative estimate of drug-likeness (QED) is 0.760. The third-order valence-corrected chi connectivity index (χ3v) is 3.44. The Morgan fingerprint density at radius 3 is 2.83 bits per heavy atom. The Morgan fingerprint density at radius 1 is 1.30 bits per heavy atom. The molecule has 0 bridgehead atoms. The zero-order chi connectivity index (χ0) is 16.7. The van der Waals surface area contributed by atoms with Gasteiger partial charge in [0.1, 0.15) is 5.69 Å². The first-order valence-corrected chi connectivity index (χ1v) is 7.58. The van der Waals surface area contributed by atoms with Crippen LogP contribution in [0.15, 0.2) is 30.3 Å². The van der Waals surface area contributed by atoms with E-state index in [2.05, 4.69) is 20.6 Å². The van der Waals surface area contributed by atoms with Crippen LogP contribution in [0.1, 0.15) is 21.7 Å². The van der Waals surface area contributed by atoms with Gasteiger partial charge in [0.2, 0.25) is 5.95 Å². The molecule has 23 heavy (non-hydrogen) atoms. The van der Waals surface area contributed by atoms with Crippen molar-refractivity contribution in [3.8, 4) is 0 Å². The highest BCUT2D eigenvalue weighted by Gasteiger charge is 2.10. The van der Waals surface area contributed by atoms with Crippen molar-refractivity contribution < 1.29 is 9.53 Å². The SMILES string of the molecule is COCCNC(=O)c1cc(C)nc(NCc2ccccc2Cl)n1. The molecule has 0 aliphatic heterocycles. The van der Waals surface area contributed by atoms with Crippen molar-refractivity contribution in [2.75, 3.05) is 25.6 Å². The summed E-state index contributed by atoms with van der Waals surface area (Å²) in [7, 11) is 1.58.